The minimum absolute atomic E-state index is 0.0528. The zero-order valence-corrected chi connectivity index (χ0v) is 14.5. The van der Waals surface area contributed by atoms with Crippen LogP contribution >= 0.6 is 0 Å². The van der Waals surface area contributed by atoms with Crippen LogP contribution < -0.4 is 10.2 Å². The lowest BCUT2D eigenvalue weighted by atomic mass is 10.1. The van der Waals surface area contributed by atoms with Gasteiger partial charge in [0, 0.05) is 30.8 Å². The molecule has 2 aromatic rings. The molecule has 0 aromatic heterocycles. The van der Waals surface area contributed by atoms with Crippen molar-refractivity contribution in [3.05, 3.63) is 65.2 Å². The fraction of sp³-hybridized carbons (Fsp3) is 0.250. The van der Waals surface area contributed by atoms with Crippen molar-refractivity contribution in [1.82, 2.24) is 5.32 Å². The second-order valence-corrected chi connectivity index (χ2v) is 6.00. The number of anilines is 1. The Hall–Kier alpha value is -3.15. The van der Waals surface area contributed by atoms with Gasteiger partial charge in [0.1, 0.15) is 0 Å². The van der Waals surface area contributed by atoms with Crippen LogP contribution in [-0.2, 0) is 16.0 Å². The Morgan fingerprint density at radius 1 is 1.08 bits per heavy atom. The Balaban J connectivity index is 1.57. The highest BCUT2D eigenvalue weighted by Crippen LogP contribution is 2.29. The third kappa shape index (κ3) is 3.74. The first-order chi connectivity index (χ1) is 12.6. The zero-order chi connectivity index (χ0) is 18.5. The molecule has 0 fully saturated rings. The fourth-order valence-corrected chi connectivity index (χ4v) is 3.02. The topological polar surface area (TPSA) is 75.7 Å². The van der Waals surface area contributed by atoms with E-state index < -0.39 is 0 Å². The van der Waals surface area contributed by atoms with Crippen molar-refractivity contribution >= 4 is 23.5 Å². The normalized spacial score (nSPS) is 12.4. The fourth-order valence-electron chi connectivity index (χ4n) is 3.02. The molecule has 6 nitrogen and oxygen atoms in total. The van der Waals surface area contributed by atoms with E-state index in [0.29, 0.717) is 24.1 Å². The van der Waals surface area contributed by atoms with Gasteiger partial charge in [-0.3, -0.25) is 9.59 Å². The van der Waals surface area contributed by atoms with Gasteiger partial charge in [0.05, 0.1) is 12.7 Å². The molecule has 1 N–H and O–H groups in total. The van der Waals surface area contributed by atoms with E-state index in [2.05, 4.69) is 5.32 Å². The number of hydrogen-bond acceptors (Lipinski definition) is 4. The summed E-state index contributed by atoms with van der Waals surface area (Å²) >= 11 is 0. The second kappa shape index (κ2) is 7.82. The average Bonchev–Trinajstić information content (AvgIpc) is 3.11. The summed E-state index contributed by atoms with van der Waals surface area (Å²) < 4.78 is 4.72. The lowest BCUT2D eigenvalue weighted by molar-refractivity contribution is -0.118. The number of methoxy groups -OCH3 is 1. The second-order valence-electron chi connectivity index (χ2n) is 6.00. The molecule has 0 saturated carbocycles. The molecule has 0 spiro atoms. The Morgan fingerprint density at radius 2 is 1.85 bits per heavy atom. The molecule has 0 atom stereocenters. The number of carbonyl (C=O) groups excluding carboxylic acids is 3. The van der Waals surface area contributed by atoms with Crippen LogP contribution in [0.2, 0.25) is 0 Å². The molecule has 0 bridgehead atoms. The van der Waals surface area contributed by atoms with Crippen molar-refractivity contribution in [3.8, 4) is 0 Å². The highest BCUT2D eigenvalue weighted by atomic mass is 16.5. The molecule has 1 heterocycles. The molecular weight excluding hydrogens is 332 g/mol. The number of benzene rings is 2. The highest BCUT2D eigenvalue weighted by molar-refractivity contribution is 5.98. The SMILES string of the molecule is COC(=O)c1ccc2c(c1)CCN2C(=O)CCNC(=O)c1ccccc1. The average molecular weight is 352 g/mol. The van der Waals surface area contributed by atoms with Gasteiger partial charge in [0.15, 0.2) is 0 Å². The van der Waals surface area contributed by atoms with Gasteiger partial charge < -0.3 is 15.0 Å². The van der Waals surface area contributed by atoms with Crippen LogP contribution in [0.3, 0.4) is 0 Å². The van der Waals surface area contributed by atoms with Gasteiger partial charge >= 0.3 is 5.97 Å². The van der Waals surface area contributed by atoms with Gasteiger partial charge in [0.2, 0.25) is 5.91 Å². The third-order valence-corrected chi connectivity index (χ3v) is 4.36. The zero-order valence-electron chi connectivity index (χ0n) is 14.5. The largest absolute Gasteiger partial charge is 0.465 e. The van der Waals surface area contributed by atoms with E-state index in [0.717, 1.165) is 11.3 Å². The molecule has 6 heteroatoms. The van der Waals surface area contributed by atoms with E-state index >= 15 is 0 Å². The minimum Gasteiger partial charge on any atom is -0.465 e. The monoisotopic (exact) mass is 352 g/mol. The van der Waals surface area contributed by atoms with E-state index in [1.54, 1.807) is 47.4 Å². The Kier molecular flexibility index (Phi) is 5.31. The molecule has 0 saturated heterocycles. The summed E-state index contributed by atoms with van der Waals surface area (Å²) in [7, 11) is 1.34. The van der Waals surface area contributed by atoms with E-state index in [1.165, 1.54) is 7.11 Å². The molecule has 1 aliphatic heterocycles. The van der Waals surface area contributed by atoms with Crippen LogP contribution in [-0.4, -0.2) is 38.0 Å². The van der Waals surface area contributed by atoms with E-state index in [4.69, 9.17) is 4.74 Å². The molecule has 3 rings (SSSR count). The number of fused-ring (bicyclic) bond motifs is 1. The quantitative estimate of drug-likeness (QED) is 0.837. The molecule has 0 aliphatic carbocycles. The minimum atomic E-state index is -0.388. The molecule has 0 radical (unpaired) electrons. The smallest absolute Gasteiger partial charge is 0.337 e. The van der Waals surface area contributed by atoms with Crippen molar-refractivity contribution < 1.29 is 19.1 Å². The molecule has 2 aromatic carbocycles. The van der Waals surface area contributed by atoms with Crippen LogP contribution in [0.5, 0.6) is 0 Å². The summed E-state index contributed by atoms with van der Waals surface area (Å²) in [6.07, 6.45) is 0.916. The van der Waals surface area contributed by atoms with Crippen molar-refractivity contribution in [2.24, 2.45) is 0 Å². The van der Waals surface area contributed by atoms with Crippen LogP contribution in [0.4, 0.5) is 5.69 Å². The van der Waals surface area contributed by atoms with Gasteiger partial charge in [-0.1, -0.05) is 18.2 Å². The highest BCUT2D eigenvalue weighted by Gasteiger charge is 2.25. The van der Waals surface area contributed by atoms with Crippen molar-refractivity contribution in [1.29, 1.82) is 0 Å². The summed E-state index contributed by atoms with van der Waals surface area (Å²) in [6.45, 7) is 0.851. The molecular formula is C20H20N2O4. The first kappa shape index (κ1) is 17.7. The van der Waals surface area contributed by atoms with Crippen LogP contribution in [0.15, 0.2) is 48.5 Å². The molecule has 0 unspecified atom stereocenters. The number of nitrogens with zero attached hydrogens (tertiary/aromatic N) is 1. The number of esters is 1. The van der Waals surface area contributed by atoms with Gasteiger partial charge in [-0.25, -0.2) is 4.79 Å². The predicted octanol–water partition coefficient (Wildman–Crippen LogP) is 2.18. The summed E-state index contributed by atoms with van der Waals surface area (Å²) in [5.74, 6) is -0.632. The maximum atomic E-state index is 12.5. The first-order valence-electron chi connectivity index (χ1n) is 8.45. The number of hydrogen-bond donors (Lipinski definition) is 1. The molecule has 134 valence electrons. The number of amides is 2. The van der Waals surface area contributed by atoms with Crippen molar-refractivity contribution in [2.75, 3.05) is 25.1 Å². The summed E-state index contributed by atoms with van der Waals surface area (Å²) in [6, 6.07) is 14.1. The molecule has 26 heavy (non-hydrogen) atoms. The van der Waals surface area contributed by atoms with Crippen molar-refractivity contribution in [2.45, 2.75) is 12.8 Å². The summed E-state index contributed by atoms with van der Waals surface area (Å²) in [5.41, 5.74) is 2.82. The van der Waals surface area contributed by atoms with Crippen LogP contribution in [0.1, 0.15) is 32.7 Å². The van der Waals surface area contributed by atoms with Crippen LogP contribution in [0, 0.1) is 0 Å². The van der Waals surface area contributed by atoms with E-state index in [1.807, 2.05) is 6.07 Å². The van der Waals surface area contributed by atoms with E-state index in [9.17, 15) is 14.4 Å². The maximum absolute atomic E-state index is 12.5. The molecule has 1 aliphatic rings. The lowest BCUT2D eigenvalue weighted by Gasteiger charge is -2.17. The number of carbonyl (C=O) groups is 3. The number of nitrogens with one attached hydrogen (secondary N) is 1. The standard InChI is InChI=1S/C20H20N2O4/c1-26-20(25)16-7-8-17-15(13-16)10-12-22(17)18(23)9-11-21-19(24)14-5-3-2-4-6-14/h2-8,13H,9-12H2,1H3,(H,21,24). The van der Waals surface area contributed by atoms with Gasteiger partial charge in [-0.05, 0) is 42.3 Å². The summed E-state index contributed by atoms with van der Waals surface area (Å²) in [4.78, 5) is 37.8. The summed E-state index contributed by atoms with van der Waals surface area (Å²) in [5, 5.41) is 2.76. The van der Waals surface area contributed by atoms with Crippen LogP contribution in [0.25, 0.3) is 0 Å². The lowest BCUT2D eigenvalue weighted by Crippen LogP contribution is -2.33. The Morgan fingerprint density at radius 3 is 2.58 bits per heavy atom. The third-order valence-electron chi connectivity index (χ3n) is 4.36. The maximum Gasteiger partial charge on any atom is 0.337 e. The molecule has 2 amide bonds. The Labute approximate surface area is 151 Å². The van der Waals surface area contributed by atoms with Gasteiger partial charge in [0.25, 0.3) is 5.91 Å². The van der Waals surface area contributed by atoms with Gasteiger partial charge in [-0.15, -0.1) is 0 Å². The number of ether oxygens (including phenoxy) is 1. The van der Waals surface area contributed by atoms with E-state index in [-0.39, 0.29) is 30.7 Å². The first-order valence-corrected chi connectivity index (χ1v) is 8.45. The van der Waals surface area contributed by atoms with Gasteiger partial charge in [-0.2, -0.15) is 0 Å². The van der Waals surface area contributed by atoms with Crippen molar-refractivity contribution in [3.63, 3.8) is 0 Å². The Bertz CT molecular complexity index is 833. The number of rotatable bonds is 5. The predicted molar refractivity (Wildman–Crippen MR) is 97.2 cm³/mol.